The SMILES string of the molecule is N#CCCN(C(=O)CSc1nnc(-c2ccc(F)cc2)n1Cc1ccccc1)c1ccc(F)cc1. The Morgan fingerprint density at radius 2 is 1.60 bits per heavy atom. The van der Waals surface area contributed by atoms with Crippen molar-refractivity contribution in [2.45, 2.75) is 18.1 Å². The maximum absolute atomic E-state index is 13.5. The summed E-state index contributed by atoms with van der Waals surface area (Å²) in [5.74, 6) is -0.392. The molecule has 3 aromatic carbocycles. The molecule has 4 aromatic rings. The van der Waals surface area contributed by atoms with Crippen LogP contribution < -0.4 is 4.90 Å². The fourth-order valence-corrected chi connectivity index (χ4v) is 4.32. The van der Waals surface area contributed by atoms with Gasteiger partial charge in [-0.1, -0.05) is 42.1 Å². The van der Waals surface area contributed by atoms with Crippen LogP contribution in [0.3, 0.4) is 0 Å². The minimum absolute atomic E-state index is 0.0408. The lowest BCUT2D eigenvalue weighted by Gasteiger charge is -2.21. The molecule has 0 atom stereocenters. The number of halogens is 2. The minimum Gasteiger partial charge on any atom is -0.311 e. The molecule has 176 valence electrons. The fraction of sp³-hybridized carbons (Fsp3) is 0.154. The van der Waals surface area contributed by atoms with E-state index in [-0.39, 0.29) is 30.4 Å². The van der Waals surface area contributed by atoms with Gasteiger partial charge in [0.1, 0.15) is 11.6 Å². The Labute approximate surface area is 205 Å². The van der Waals surface area contributed by atoms with Crippen molar-refractivity contribution in [2.75, 3.05) is 17.2 Å². The molecule has 35 heavy (non-hydrogen) atoms. The van der Waals surface area contributed by atoms with Gasteiger partial charge in [-0.25, -0.2) is 8.78 Å². The quantitative estimate of drug-likeness (QED) is 0.298. The summed E-state index contributed by atoms with van der Waals surface area (Å²) in [7, 11) is 0. The van der Waals surface area contributed by atoms with Crippen molar-refractivity contribution in [3.05, 3.63) is 96.1 Å². The molecule has 1 amide bonds. The van der Waals surface area contributed by atoms with Crippen molar-refractivity contribution in [3.8, 4) is 17.5 Å². The van der Waals surface area contributed by atoms with Gasteiger partial charge in [0.25, 0.3) is 0 Å². The van der Waals surface area contributed by atoms with Gasteiger partial charge >= 0.3 is 0 Å². The molecular weight excluding hydrogens is 468 g/mol. The summed E-state index contributed by atoms with van der Waals surface area (Å²) in [6.45, 7) is 0.659. The molecule has 0 N–H and O–H groups in total. The second-order valence-electron chi connectivity index (χ2n) is 7.60. The van der Waals surface area contributed by atoms with E-state index < -0.39 is 5.82 Å². The molecule has 0 saturated heterocycles. The third-order valence-corrected chi connectivity index (χ3v) is 6.17. The Hall–Kier alpha value is -4.03. The highest BCUT2D eigenvalue weighted by atomic mass is 32.2. The summed E-state index contributed by atoms with van der Waals surface area (Å²) in [6.07, 6.45) is 0.146. The molecule has 6 nitrogen and oxygen atoms in total. The number of amides is 1. The molecule has 0 aliphatic heterocycles. The molecule has 0 fully saturated rings. The summed E-state index contributed by atoms with van der Waals surface area (Å²) in [6, 6.07) is 23.4. The number of hydrogen-bond acceptors (Lipinski definition) is 5. The summed E-state index contributed by atoms with van der Waals surface area (Å²) in [5.41, 5.74) is 2.24. The molecule has 1 heterocycles. The third-order valence-electron chi connectivity index (χ3n) is 5.21. The van der Waals surface area contributed by atoms with E-state index in [0.29, 0.717) is 28.8 Å². The van der Waals surface area contributed by atoms with Crippen molar-refractivity contribution in [3.63, 3.8) is 0 Å². The Balaban J connectivity index is 1.58. The monoisotopic (exact) mass is 489 g/mol. The van der Waals surface area contributed by atoms with Crippen molar-refractivity contribution >= 4 is 23.4 Å². The standard InChI is InChI=1S/C26H21F2N5OS/c27-21-9-7-20(8-10-21)25-30-31-26(33(25)17-19-5-2-1-3-6-19)35-18-24(34)32(16-4-15-29)23-13-11-22(28)12-14-23/h1-3,5-14H,4,16-18H2. The summed E-state index contributed by atoms with van der Waals surface area (Å²) >= 11 is 1.22. The number of rotatable bonds is 9. The highest BCUT2D eigenvalue weighted by Gasteiger charge is 2.20. The third kappa shape index (κ3) is 6.11. The largest absolute Gasteiger partial charge is 0.311 e. The second-order valence-corrected chi connectivity index (χ2v) is 8.55. The van der Waals surface area contributed by atoms with Gasteiger partial charge in [-0.2, -0.15) is 5.26 Å². The number of thioether (sulfide) groups is 1. The average molecular weight is 490 g/mol. The highest BCUT2D eigenvalue weighted by Crippen LogP contribution is 2.26. The first-order valence-corrected chi connectivity index (χ1v) is 11.8. The molecule has 0 radical (unpaired) electrons. The van der Waals surface area contributed by atoms with Gasteiger partial charge < -0.3 is 4.90 Å². The van der Waals surface area contributed by atoms with Crippen LogP contribution in [0.2, 0.25) is 0 Å². The van der Waals surface area contributed by atoms with Crippen LogP contribution in [-0.4, -0.2) is 33.0 Å². The lowest BCUT2D eigenvalue weighted by molar-refractivity contribution is -0.116. The van der Waals surface area contributed by atoms with Gasteiger partial charge in [-0.15, -0.1) is 10.2 Å². The van der Waals surface area contributed by atoms with Gasteiger partial charge in [0.15, 0.2) is 11.0 Å². The number of benzene rings is 3. The van der Waals surface area contributed by atoms with Gasteiger partial charge in [-0.05, 0) is 54.1 Å². The van der Waals surface area contributed by atoms with Crippen LogP contribution in [0.5, 0.6) is 0 Å². The van der Waals surface area contributed by atoms with E-state index in [0.717, 1.165) is 5.56 Å². The van der Waals surface area contributed by atoms with Crippen LogP contribution in [-0.2, 0) is 11.3 Å². The number of nitrogens with zero attached hydrogens (tertiary/aromatic N) is 5. The fourth-order valence-electron chi connectivity index (χ4n) is 3.50. The van der Waals surface area contributed by atoms with Crippen molar-refractivity contribution < 1.29 is 13.6 Å². The van der Waals surface area contributed by atoms with E-state index in [4.69, 9.17) is 5.26 Å². The molecule has 0 bridgehead atoms. The number of anilines is 1. The topological polar surface area (TPSA) is 74.8 Å². The van der Waals surface area contributed by atoms with Gasteiger partial charge in [0, 0.05) is 17.8 Å². The molecule has 0 saturated carbocycles. The zero-order valence-electron chi connectivity index (χ0n) is 18.6. The van der Waals surface area contributed by atoms with Crippen LogP contribution in [0.25, 0.3) is 11.4 Å². The molecule has 9 heteroatoms. The smallest absolute Gasteiger partial charge is 0.237 e. The zero-order chi connectivity index (χ0) is 24.6. The number of carbonyl (C=O) groups excluding carboxylic acids is 1. The Bertz CT molecular complexity index is 1320. The first-order valence-electron chi connectivity index (χ1n) is 10.8. The lowest BCUT2D eigenvalue weighted by Crippen LogP contribution is -2.33. The molecule has 0 spiro atoms. The molecular formula is C26H21F2N5OS. The van der Waals surface area contributed by atoms with Gasteiger partial charge in [0.2, 0.25) is 5.91 Å². The van der Waals surface area contributed by atoms with E-state index >= 15 is 0 Å². The molecule has 1 aromatic heterocycles. The van der Waals surface area contributed by atoms with Crippen LogP contribution in [0.15, 0.2) is 84.0 Å². The molecule has 4 rings (SSSR count). The van der Waals surface area contributed by atoms with Crippen molar-refractivity contribution in [1.82, 2.24) is 14.8 Å². The van der Waals surface area contributed by atoms with E-state index in [2.05, 4.69) is 10.2 Å². The van der Waals surface area contributed by atoms with E-state index in [1.807, 2.05) is 41.0 Å². The predicted molar refractivity (Wildman–Crippen MR) is 131 cm³/mol. The zero-order valence-corrected chi connectivity index (χ0v) is 19.5. The Morgan fingerprint density at radius 3 is 2.26 bits per heavy atom. The van der Waals surface area contributed by atoms with Crippen molar-refractivity contribution in [1.29, 1.82) is 5.26 Å². The van der Waals surface area contributed by atoms with Crippen LogP contribution >= 0.6 is 11.8 Å². The average Bonchev–Trinajstić information content (AvgIpc) is 3.27. The number of hydrogen-bond donors (Lipinski definition) is 0. The van der Waals surface area contributed by atoms with Crippen molar-refractivity contribution in [2.24, 2.45) is 0 Å². The first-order chi connectivity index (χ1) is 17.0. The molecule has 0 unspecified atom stereocenters. The van der Waals surface area contributed by atoms with Gasteiger partial charge in [0.05, 0.1) is 24.8 Å². The number of carbonyl (C=O) groups is 1. The Morgan fingerprint density at radius 1 is 0.943 bits per heavy atom. The van der Waals surface area contributed by atoms with E-state index in [1.54, 1.807) is 12.1 Å². The minimum atomic E-state index is -0.404. The van der Waals surface area contributed by atoms with Crippen LogP contribution in [0, 0.1) is 23.0 Å². The highest BCUT2D eigenvalue weighted by molar-refractivity contribution is 7.99. The maximum Gasteiger partial charge on any atom is 0.237 e. The van der Waals surface area contributed by atoms with Gasteiger partial charge in [-0.3, -0.25) is 9.36 Å². The number of aromatic nitrogens is 3. The second kappa shape index (κ2) is 11.4. The predicted octanol–water partition coefficient (Wildman–Crippen LogP) is 5.31. The Kier molecular flexibility index (Phi) is 7.85. The summed E-state index contributed by atoms with van der Waals surface area (Å²) < 4.78 is 28.7. The van der Waals surface area contributed by atoms with E-state index in [9.17, 15) is 13.6 Å². The summed E-state index contributed by atoms with van der Waals surface area (Å²) in [4.78, 5) is 14.6. The molecule has 0 aliphatic rings. The first kappa shape index (κ1) is 24.1. The van der Waals surface area contributed by atoms with Crippen LogP contribution in [0.4, 0.5) is 14.5 Å². The normalized spacial score (nSPS) is 10.7. The van der Waals surface area contributed by atoms with Crippen LogP contribution in [0.1, 0.15) is 12.0 Å². The van der Waals surface area contributed by atoms with E-state index in [1.165, 1.54) is 53.1 Å². The maximum atomic E-state index is 13.5. The lowest BCUT2D eigenvalue weighted by atomic mass is 10.2. The summed E-state index contributed by atoms with van der Waals surface area (Å²) in [5, 5.41) is 18.1. The molecule has 0 aliphatic carbocycles. The number of nitriles is 1.